The largest absolute Gasteiger partial charge is 0.508 e. The molecule has 16 heavy (non-hydrogen) atoms. The molecule has 0 spiro atoms. The SMILES string of the molecule is Oc1ccc(CCNC2CCCCC2)cc1. The molecule has 0 radical (unpaired) electrons. The molecule has 0 heterocycles. The van der Waals surface area contributed by atoms with Gasteiger partial charge in [0, 0.05) is 6.04 Å². The van der Waals surface area contributed by atoms with Gasteiger partial charge in [-0.3, -0.25) is 0 Å². The van der Waals surface area contributed by atoms with Gasteiger partial charge in [-0.2, -0.15) is 0 Å². The second-order valence-electron chi connectivity index (χ2n) is 4.71. The first-order chi connectivity index (χ1) is 7.84. The van der Waals surface area contributed by atoms with Crippen LogP contribution in [0.5, 0.6) is 5.75 Å². The zero-order valence-corrected chi connectivity index (χ0v) is 9.78. The van der Waals surface area contributed by atoms with E-state index in [0.717, 1.165) is 19.0 Å². The number of rotatable bonds is 4. The normalized spacial score (nSPS) is 17.5. The van der Waals surface area contributed by atoms with Crippen molar-refractivity contribution >= 4 is 0 Å². The highest BCUT2D eigenvalue weighted by molar-refractivity contribution is 5.25. The van der Waals surface area contributed by atoms with Gasteiger partial charge in [-0.05, 0) is 43.5 Å². The molecule has 2 rings (SSSR count). The van der Waals surface area contributed by atoms with Gasteiger partial charge >= 0.3 is 0 Å². The molecule has 0 bridgehead atoms. The van der Waals surface area contributed by atoms with Crippen LogP contribution in [0.25, 0.3) is 0 Å². The van der Waals surface area contributed by atoms with Gasteiger partial charge in [-0.1, -0.05) is 31.4 Å². The Labute approximate surface area is 97.7 Å². The summed E-state index contributed by atoms with van der Waals surface area (Å²) in [5, 5.41) is 12.8. The van der Waals surface area contributed by atoms with Gasteiger partial charge in [0.05, 0.1) is 0 Å². The Hall–Kier alpha value is -1.02. The number of nitrogens with one attached hydrogen (secondary N) is 1. The molecule has 1 aliphatic rings. The molecule has 88 valence electrons. The van der Waals surface area contributed by atoms with Gasteiger partial charge in [-0.15, -0.1) is 0 Å². The zero-order chi connectivity index (χ0) is 11.2. The number of hydrogen-bond acceptors (Lipinski definition) is 2. The fourth-order valence-electron chi connectivity index (χ4n) is 2.39. The highest BCUT2D eigenvalue weighted by Crippen LogP contribution is 2.17. The summed E-state index contributed by atoms with van der Waals surface area (Å²) in [4.78, 5) is 0. The Morgan fingerprint density at radius 3 is 2.44 bits per heavy atom. The summed E-state index contributed by atoms with van der Waals surface area (Å²) < 4.78 is 0. The third-order valence-corrected chi connectivity index (χ3v) is 3.39. The van der Waals surface area contributed by atoms with Gasteiger partial charge in [0.1, 0.15) is 5.75 Å². The van der Waals surface area contributed by atoms with E-state index in [1.54, 1.807) is 12.1 Å². The van der Waals surface area contributed by atoms with Crippen LogP contribution in [0.15, 0.2) is 24.3 Å². The topological polar surface area (TPSA) is 32.3 Å². The highest BCUT2D eigenvalue weighted by atomic mass is 16.3. The van der Waals surface area contributed by atoms with Crippen LogP contribution in [0.1, 0.15) is 37.7 Å². The van der Waals surface area contributed by atoms with Crippen LogP contribution in [0.3, 0.4) is 0 Å². The minimum atomic E-state index is 0.351. The molecule has 2 N–H and O–H groups in total. The Balaban J connectivity index is 1.69. The van der Waals surface area contributed by atoms with E-state index in [4.69, 9.17) is 0 Å². The van der Waals surface area contributed by atoms with Gasteiger partial charge in [0.2, 0.25) is 0 Å². The highest BCUT2D eigenvalue weighted by Gasteiger charge is 2.11. The molecule has 0 aliphatic heterocycles. The van der Waals surface area contributed by atoms with Crippen molar-refractivity contribution in [1.29, 1.82) is 0 Å². The number of benzene rings is 1. The maximum atomic E-state index is 9.17. The molecule has 0 saturated heterocycles. The number of hydrogen-bond donors (Lipinski definition) is 2. The smallest absolute Gasteiger partial charge is 0.115 e. The van der Waals surface area contributed by atoms with E-state index < -0.39 is 0 Å². The summed E-state index contributed by atoms with van der Waals surface area (Å²) in [6, 6.07) is 8.26. The molecule has 0 aromatic heterocycles. The van der Waals surface area contributed by atoms with Gasteiger partial charge in [-0.25, -0.2) is 0 Å². The minimum Gasteiger partial charge on any atom is -0.508 e. The fraction of sp³-hybridized carbons (Fsp3) is 0.571. The molecule has 1 aromatic rings. The molecule has 0 unspecified atom stereocenters. The van der Waals surface area contributed by atoms with Crippen molar-refractivity contribution in [3.05, 3.63) is 29.8 Å². The van der Waals surface area contributed by atoms with E-state index in [2.05, 4.69) is 5.32 Å². The summed E-state index contributed by atoms with van der Waals surface area (Å²) in [5.74, 6) is 0.351. The molecule has 2 heteroatoms. The average Bonchev–Trinajstić information content (AvgIpc) is 2.33. The van der Waals surface area contributed by atoms with Crippen LogP contribution in [0.2, 0.25) is 0 Å². The third kappa shape index (κ3) is 3.53. The Bertz CT molecular complexity index is 301. The van der Waals surface area contributed by atoms with E-state index in [1.807, 2.05) is 12.1 Å². The molecule has 1 aliphatic carbocycles. The quantitative estimate of drug-likeness (QED) is 0.816. The lowest BCUT2D eigenvalue weighted by Crippen LogP contribution is -2.32. The summed E-state index contributed by atoms with van der Waals surface area (Å²) in [7, 11) is 0. The van der Waals surface area contributed by atoms with Crippen molar-refractivity contribution in [1.82, 2.24) is 5.32 Å². The van der Waals surface area contributed by atoms with Crippen LogP contribution >= 0.6 is 0 Å². The van der Waals surface area contributed by atoms with E-state index >= 15 is 0 Å². The van der Waals surface area contributed by atoms with Crippen molar-refractivity contribution in [3.63, 3.8) is 0 Å². The maximum absolute atomic E-state index is 9.17. The maximum Gasteiger partial charge on any atom is 0.115 e. The fourth-order valence-corrected chi connectivity index (χ4v) is 2.39. The van der Waals surface area contributed by atoms with Crippen LogP contribution < -0.4 is 5.32 Å². The summed E-state index contributed by atoms with van der Waals surface area (Å²) in [6.07, 6.45) is 7.92. The van der Waals surface area contributed by atoms with Crippen molar-refractivity contribution in [2.24, 2.45) is 0 Å². The summed E-state index contributed by atoms with van der Waals surface area (Å²) in [6.45, 7) is 1.05. The molecule has 0 amide bonds. The molecule has 1 fully saturated rings. The first-order valence-corrected chi connectivity index (χ1v) is 6.36. The van der Waals surface area contributed by atoms with Crippen LogP contribution in [0.4, 0.5) is 0 Å². The first-order valence-electron chi connectivity index (χ1n) is 6.36. The van der Waals surface area contributed by atoms with Crippen LogP contribution in [-0.2, 0) is 6.42 Å². The second-order valence-corrected chi connectivity index (χ2v) is 4.71. The minimum absolute atomic E-state index is 0.351. The van der Waals surface area contributed by atoms with Gasteiger partial charge in [0.25, 0.3) is 0 Å². The number of aromatic hydroxyl groups is 1. The van der Waals surface area contributed by atoms with Crippen LogP contribution in [0, 0.1) is 0 Å². The lowest BCUT2D eigenvalue weighted by molar-refractivity contribution is 0.375. The van der Waals surface area contributed by atoms with Gasteiger partial charge in [0.15, 0.2) is 0 Å². The van der Waals surface area contributed by atoms with E-state index in [9.17, 15) is 5.11 Å². The molecule has 0 atom stereocenters. The average molecular weight is 219 g/mol. The molecule has 1 saturated carbocycles. The van der Waals surface area contributed by atoms with Crippen molar-refractivity contribution in [3.8, 4) is 5.75 Å². The molecular formula is C14H21NO. The summed E-state index contributed by atoms with van der Waals surface area (Å²) >= 11 is 0. The van der Waals surface area contributed by atoms with Crippen molar-refractivity contribution < 1.29 is 5.11 Å². The van der Waals surface area contributed by atoms with Crippen molar-refractivity contribution in [2.45, 2.75) is 44.6 Å². The monoisotopic (exact) mass is 219 g/mol. The Kier molecular flexibility index (Phi) is 4.23. The van der Waals surface area contributed by atoms with Gasteiger partial charge < -0.3 is 10.4 Å². The Morgan fingerprint density at radius 1 is 1.06 bits per heavy atom. The lowest BCUT2D eigenvalue weighted by Gasteiger charge is -2.22. The van der Waals surface area contributed by atoms with E-state index in [0.29, 0.717) is 5.75 Å². The predicted octanol–water partition coefficient (Wildman–Crippen LogP) is 2.86. The Morgan fingerprint density at radius 2 is 1.75 bits per heavy atom. The van der Waals surface area contributed by atoms with Crippen molar-refractivity contribution in [2.75, 3.05) is 6.54 Å². The third-order valence-electron chi connectivity index (χ3n) is 3.39. The van der Waals surface area contributed by atoms with E-state index in [1.165, 1.54) is 37.7 Å². The molecule has 1 aromatic carbocycles. The second kappa shape index (κ2) is 5.90. The molecular weight excluding hydrogens is 198 g/mol. The van der Waals surface area contributed by atoms with Crippen LogP contribution in [-0.4, -0.2) is 17.7 Å². The first kappa shape index (κ1) is 11.5. The predicted molar refractivity (Wildman–Crippen MR) is 66.7 cm³/mol. The van der Waals surface area contributed by atoms with E-state index in [-0.39, 0.29) is 0 Å². The number of phenolic OH excluding ortho intramolecular Hbond substituents is 1. The summed E-state index contributed by atoms with van der Waals surface area (Å²) in [5.41, 5.74) is 1.29. The zero-order valence-electron chi connectivity index (χ0n) is 9.78. The standard InChI is InChI=1S/C14H21NO/c16-14-8-6-12(7-9-14)10-11-15-13-4-2-1-3-5-13/h6-9,13,15-16H,1-5,10-11H2. The molecule has 2 nitrogen and oxygen atoms in total. The number of phenols is 1. The lowest BCUT2D eigenvalue weighted by atomic mass is 9.95.